The average Bonchev–Trinajstić information content (AvgIpc) is 2.48. The SMILES string of the molecule is COc1ccc(C(=O)C(OC)c2ccccc2)c(C)c1. The number of aryl methyl sites for hydroxylation is 1. The fraction of sp³-hybridized carbons (Fsp3) is 0.235. The summed E-state index contributed by atoms with van der Waals surface area (Å²) in [6.45, 7) is 1.90. The molecule has 0 fully saturated rings. The number of hydrogen-bond acceptors (Lipinski definition) is 3. The number of Topliss-reactive ketones (excluding diaryl/α,β-unsaturated/α-hetero) is 1. The molecule has 1 atom stereocenters. The van der Waals surface area contributed by atoms with E-state index in [0.717, 1.165) is 16.9 Å². The van der Waals surface area contributed by atoms with Gasteiger partial charge in [-0.2, -0.15) is 0 Å². The summed E-state index contributed by atoms with van der Waals surface area (Å²) >= 11 is 0. The summed E-state index contributed by atoms with van der Waals surface area (Å²) in [7, 11) is 3.16. The van der Waals surface area contributed by atoms with Crippen LogP contribution in [0.2, 0.25) is 0 Å². The Kier molecular flexibility index (Phi) is 4.53. The topological polar surface area (TPSA) is 35.5 Å². The summed E-state index contributed by atoms with van der Waals surface area (Å²) in [5, 5.41) is 0. The van der Waals surface area contributed by atoms with Gasteiger partial charge in [0, 0.05) is 12.7 Å². The molecular formula is C17H18O3. The lowest BCUT2D eigenvalue weighted by Gasteiger charge is -2.16. The molecule has 0 spiro atoms. The Morgan fingerprint density at radius 2 is 1.75 bits per heavy atom. The van der Waals surface area contributed by atoms with E-state index in [9.17, 15) is 4.79 Å². The van der Waals surface area contributed by atoms with E-state index < -0.39 is 6.10 Å². The zero-order chi connectivity index (χ0) is 14.5. The maximum absolute atomic E-state index is 12.6. The average molecular weight is 270 g/mol. The molecule has 0 radical (unpaired) electrons. The molecule has 0 amide bonds. The quantitative estimate of drug-likeness (QED) is 0.779. The van der Waals surface area contributed by atoms with Crippen LogP contribution in [0.1, 0.15) is 27.6 Å². The predicted molar refractivity (Wildman–Crippen MR) is 78.3 cm³/mol. The van der Waals surface area contributed by atoms with Gasteiger partial charge in [0.05, 0.1) is 7.11 Å². The Hall–Kier alpha value is -2.13. The molecule has 0 N–H and O–H groups in total. The largest absolute Gasteiger partial charge is 0.497 e. The Balaban J connectivity index is 2.34. The van der Waals surface area contributed by atoms with Crippen molar-refractivity contribution in [1.29, 1.82) is 0 Å². The second-order valence-electron chi connectivity index (χ2n) is 4.57. The van der Waals surface area contributed by atoms with E-state index >= 15 is 0 Å². The van der Waals surface area contributed by atoms with Gasteiger partial charge in [-0.05, 0) is 36.2 Å². The predicted octanol–water partition coefficient (Wildman–Crippen LogP) is 3.57. The lowest BCUT2D eigenvalue weighted by Crippen LogP contribution is -2.16. The van der Waals surface area contributed by atoms with Crippen LogP contribution in [0.15, 0.2) is 48.5 Å². The van der Waals surface area contributed by atoms with Crippen LogP contribution in [0.25, 0.3) is 0 Å². The number of ketones is 1. The molecule has 2 rings (SSSR count). The van der Waals surface area contributed by atoms with Gasteiger partial charge in [0.15, 0.2) is 5.78 Å². The van der Waals surface area contributed by atoms with E-state index in [1.165, 1.54) is 0 Å². The maximum Gasteiger partial charge on any atom is 0.196 e. The number of benzene rings is 2. The van der Waals surface area contributed by atoms with Crippen molar-refractivity contribution < 1.29 is 14.3 Å². The number of rotatable bonds is 5. The molecule has 0 aromatic heterocycles. The van der Waals surface area contributed by atoms with Crippen molar-refractivity contribution >= 4 is 5.78 Å². The van der Waals surface area contributed by atoms with Gasteiger partial charge in [-0.25, -0.2) is 0 Å². The number of carbonyl (C=O) groups excluding carboxylic acids is 1. The van der Waals surface area contributed by atoms with E-state index in [-0.39, 0.29) is 5.78 Å². The number of methoxy groups -OCH3 is 2. The van der Waals surface area contributed by atoms with Gasteiger partial charge in [-0.15, -0.1) is 0 Å². The summed E-state index contributed by atoms with van der Waals surface area (Å²) in [6, 6.07) is 14.9. The summed E-state index contributed by atoms with van der Waals surface area (Å²) < 4.78 is 10.5. The monoisotopic (exact) mass is 270 g/mol. The van der Waals surface area contributed by atoms with Crippen molar-refractivity contribution in [3.8, 4) is 5.75 Å². The molecule has 2 aromatic rings. The number of carbonyl (C=O) groups is 1. The molecule has 0 aliphatic carbocycles. The smallest absolute Gasteiger partial charge is 0.196 e. The standard InChI is InChI=1S/C17H18O3/c1-12-11-14(19-2)9-10-15(12)16(18)17(20-3)13-7-5-4-6-8-13/h4-11,17H,1-3H3. The van der Waals surface area contributed by atoms with Crippen LogP contribution in [-0.2, 0) is 4.74 Å². The van der Waals surface area contributed by atoms with Crippen LogP contribution in [0, 0.1) is 6.92 Å². The summed E-state index contributed by atoms with van der Waals surface area (Å²) in [5.74, 6) is 0.701. The fourth-order valence-electron chi connectivity index (χ4n) is 2.20. The van der Waals surface area contributed by atoms with Gasteiger partial charge in [0.1, 0.15) is 11.9 Å². The minimum absolute atomic E-state index is 0.0427. The first-order valence-electron chi connectivity index (χ1n) is 6.44. The van der Waals surface area contributed by atoms with Crippen molar-refractivity contribution in [2.24, 2.45) is 0 Å². The minimum atomic E-state index is -0.580. The molecule has 3 heteroatoms. The molecule has 0 saturated heterocycles. The maximum atomic E-state index is 12.6. The Bertz CT molecular complexity index is 590. The molecule has 104 valence electrons. The van der Waals surface area contributed by atoms with Gasteiger partial charge in [0.25, 0.3) is 0 Å². The first-order chi connectivity index (χ1) is 9.67. The third-order valence-corrected chi connectivity index (χ3v) is 3.28. The molecule has 20 heavy (non-hydrogen) atoms. The molecule has 0 aliphatic heterocycles. The van der Waals surface area contributed by atoms with Crippen molar-refractivity contribution in [2.45, 2.75) is 13.0 Å². The van der Waals surface area contributed by atoms with Gasteiger partial charge < -0.3 is 9.47 Å². The first-order valence-corrected chi connectivity index (χ1v) is 6.44. The first kappa shape index (κ1) is 14.3. The van der Waals surface area contributed by atoms with E-state index in [4.69, 9.17) is 9.47 Å². The van der Waals surface area contributed by atoms with Crippen molar-refractivity contribution in [1.82, 2.24) is 0 Å². The fourth-order valence-corrected chi connectivity index (χ4v) is 2.20. The summed E-state index contributed by atoms with van der Waals surface area (Å²) in [5.41, 5.74) is 2.39. The molecule has 0 aliphatic rings. The van der Waals surface area contributed by atoms with Crippen molar-refractivity contribution in [3.63, 3.8) is 0 Å². The lowest BCUT2D eigenvalue weighted by molar-refractivity contribution is 0.0603. The van der Waals surface area contributed by atoms with E-state index in [2.05, 4.69) is 0 Å². The Labute approximate surface area is 119 Å². The molecule has 0 bridgehead atoms. The second-order valence-corrected chi connectivity index (χ2v) is 4.57. The zero-order valence-electron chi connectivity index (χ0n) is 11.9. The van der Waals surface area contributed by atoms with Gasteiger partial charge in [0.2, 0.25) is 0 Å². The third kappa shape index (κ3) is 2.89. The lowest BCUT2D eigenvalue weighted by atomic mass is 9.96. The molecular weight excluding hydrogens is 252 g/mol. The van der Waals surface area contributed by atoms with Gasteiger partial charge in [-0.3, -0.25) is 4.79 Å². The minimum Gasteiger partial charge on any atom is -0.497 e. The van der Waals surface area contributed by atoms with Crippen molar-refractivity contribution in [3.05, 3.63) is 65.2 Å². The number of ether oxygens (including phenoxy) is 2. The zero-order valence-corrected chi connectivity index (χ0v) is 11.9. The molecule has 2 aromatic carbocycles. The third-order valence-electron chi connectivity index (χ3n) is 3.28. The molecule has 1 unspecified atom stereocenters. The molecule has 0 saturated carbocycles. The van der Waals surface area contributed by atoms with Gasteiger partial charge in [-0.1, -0.05) is 30.3 Å². The van der Waals surface area contributed by atoms with Crippen molar-refractivity contribution in [2.75, 3.05) is 14.2 Å². The van der Waals surface area contributed by atoms with Crippen LogP contribution in [-0.4, -0.2) is 20.0 Å². The van der Waals surface area contributed by atoms with E-state index in [1.807, 2.05) is 43.3 Å². The van der Waals surface area contributed by atoms with E-state index in [1.54, 1.807) is 26.4 Å². The Morgan fingerprint density at radius 3 is 2.30 bits per heavy atom. The highest BCUT2D eigenvalue weighted by molar-refractivity contribution is 6.01. The summed E-state index contributed by atoms with van der Waals surface area (Å²) in [6.07, 6.45) is -0.580. The number of hydrogen-bond donors (Lipinski definition) is 0. The highest BCUT2D eigenvalue weighted by Gasteiger charge is 2.22. The van der Waals surface area contributed by atoms with Crippen LogP contribution >= 0.6 is 0 Å². The van der Waals surface area contributed by atoms with Crippen LogP contribution < -0.4 is 4.74 Å². The second kappa shape index (κ2) is 6.35. The van der Waals surface area contributed by atoms with Gasteiger partial charge >= 0.3 is 0 Å². The highest BCUT2D eigenvalue weighted by atomic mass is 16.5. The van der Waals surface area contributed by atoms with E-state index in [0.29, 0.717) is 5.56 Å². The normalized spacial score (nSPS) is 11.9. The Morgan fingerprint density at radius 1 is 1.05 bits per heavy atom. The molecule has 0 heterocycles. The molecule has 3 nitrogen and oxygen atoms in total. The highest BCUT2D eigenvalue weighted by Crippen LogP contribution is 2.25. The summed E-state index contributed by atoms with van der Waals surface area (Å²) in [4.78, 5) is 12.6. The van der Waals surface area contributed by atoms with Crippen LogP contribution in [0.4, 0.5) is 0 Å². The van der Waals surface area contributed by atoms with Crippen LogP contribution in [0.5, 0.6) is 5.75 Å². The van der Waals surface area contributed by atoms with Crippen LogP contribution in [0.3, 0.4) is 0 Å².